The van der Waals surface area contributed by atoms with Crippen molar-refractivity contribution >= 4 is 16.9 Å². The minimum Gasteiger partial charge on any atom is -0.347 e. The number of carbonyl (C=O) groups is 1. The fourth-order valence-corrected chi connectivity index (χ4v) is 1.86. The number of carbonyl (C=O) groups excluding carboxylic acids is 1. The van der Waals surface area contributed by atoms with Gasteiger partial charge in [0.1, 0.15) is 5.82 Å². The Hall–Kier alpha value is -1.84. The molecule has 0 unspecified atom stereocenters. The lowest BCUT2D eigenvalue weighted by Gasteiger charge is -2.20. The van der Waals surface area contributed by atoms with E-state index >= 15 is 0 Å². The molecule has 0 aliphatic rings. The van der Waals surface area contributed by atoms with Crippen LogP contribution in [0.5, 0.6) is 0 Å². The van der Waals surface area contributed by atoms with Gasteiger partial charge in [0, 0.05) is 17.0 Å². The minimum absolute atomic E-state index is 0.0601. The number of aromatic nitrogens is 2. The van der Waals surface area contributed by atoms with Gasteiger partial charge in [0.25, 0.3) is 5.91 Å². The van der Waals surface area contributed by atoms with Crippen LogP contribution in [0.15, 0.2) is 18.2 Å². The van der Waals surface area contributed by atoms with Crippen LogP contribution in [0.1, 0.15) is 56.7 Å². The van der Waals surface area contributed by atoms with Crippen LogP contribution < -0.4 is 5.32 Å². The first kappa shape index (κ1) is 13.6. The van der Waals surface area contributed by atoms with Gasteiger partial charge >= 0.3 is 0 Å². The van der Waals surface area contributed by atoms with E-state index < -0.39 is 0 Å². The third-order valence-electron chi connectivity index (χ3n) is 2.80. The van der Waals surface area contributed by atoms with Gasteiger partial charge in [0.2, 0.25) is 0 Å². The summed E-state index contributed by atoms with van der Waals surface area (Å²) in [7, 11) is 0. The first-order valence-corrected chi connectivity index (χ1v) is 6.58. The van der Waals surface area contributed by atoms with Crippen molar-refractivity contribution in [1.82, 2.24) is 15.3 Å². The molecular weight excluding hydrogens is 238 g/mol. The number of hydrogen-bond acceptors (Lipinski definition) is 2. The number of benzene rings is 1. The summed E-state index contributed by atoms with van der Waals surface area (Å²) in [4.78, 5) is 19.9. The van der Waals surface area contributed by atoms with Gasteiger partial charge in [-0.05, 0) is 39.0 Å². The molecule has 0 aliphatic carbocycles. The van der Waals surface area contributed by atoms with Gasteiger partial charge in [-0.3, -0.25) is 4.79 Å². The van der Waals surface area contributed by atoms with Gasteiger partial charge < -0.3 is 10.3 Å². The molecule has 4 heteroatoms. The molecule has 2 aromatic rings. The van der Waals surface area contributed by atoms with Crippen molar-refractivity contribution in [2.45, 2.75) is 46.1 Å². The monoisotopic (exact) mass is 259 g/mol. The highest BCUT2D eigenvalue weighted by molar-refractivity contribution is 5.97. The molecule has 0 fully saturated rings. The summed E-state index contributed by atoms with van der Waals surface area (Å²) in [5, 5.41) is 2.96. The van der Waals surface area contributed by atoms with Gasteiger partial charge in [-0.15, -0.1) is 0 Å². The quantitative estimate of drug-likeness (QED) is 0.870. The molecule has 2 N–H and O–H groups in total. The summed E-state index contributed by atoms with van der Waals surface area (Å²) in [6, 6.07) is 5.55. The maximum absolute atomic E-state index is 12.1. The SMILES string of the molecule is CC(C)c1nc2ccc(C(=O)NC(C)(C)C)cc2[nH]1. The molecule has 19 heavy (non-hydrogen) atoms. The number of hydrogen-bond donors (Lipinski definition) is 2. The summed E-state index contributed by atoms with van der Waals surface area (Å²) in [5.41, 5.74) is 2.23. The molecule has 0 aliphatic heterocycles. The molecule has 1 heterocycles. The van der Waals surface area contributed by atoms with Crippen LogP contribution in [0.4, 0.5) is 0 Å². The van der Waals surface area contributed by atoms with E-state index in [4.69, 9.17) is 0 Å². The lowest BCUT2D eigenvalue weighted by Crippen LogP contribution is -2.40. The number of amides is 1. The number of aromatic amines is 1. The zero-order chi connectivity index (χ0) is 14.2. The summed E-state index contributed by atoms with van der Waals surface area (Å²) in [6.07, 6.45) is 0. The van der Waals surface area contributed by atoms with E-state index in [2.05, 4.69) is 29.1 Å². The van der Waals surface area contributed by atoms with Crippen LogP contribution in [-0.4, -0.2) is 21.4 Å². The number of nitrogens with zero attached hydrogens (tertiary/aromatic N) is 1. The lowest BCUT2D eigenvalue weighted by atomic mass is 10.1. The number of nitrogens with one attached hydrogen (secondary N) is 2. The fraction of sp³-hybridized carbons (Fsp3) is 0.467. The normalized spacial score (nSPS) is 12.1. The van der Waals surface area contributed by atoms with Crippen molar-refractivity contribution in [2.24, 2.45) is 0 Å². The fourth-order valence-electron chi connectivity index (χ4n) is 1.86. The van der Waals surface area contributed by atoms with E-state index in [-0.39, 0.29) is 11.4 Å². The molecule has 0 spiro atoms. The van der Waals surface area contributed by atoms with Crippen molar-refractivity contribution < 1.29 is 4.79 Å². The van der Waals surface area contributed by atoms with Crippen molar-refractivity contribution in [1.29, 1.82) is 0 Å². The molecule has 102 valence electrons. The van der Waals surface area contributed by atoms with Gasteiger partial charge in [-0.2, -0.15) is 0 Å². The highest BCUT2D eigenvalue weighted by Crippen LogP contribution is 2.18. The maximum atomic E-state index is 12.1. The molecule has 2 rings (SSSR count). The van der Waals surface area contributed by atoms with Gasteiger partial charge in [-0.1, -0.05) is 13.8 Å². The molecule has 0 saturated carbocycles. The molecule has 0 atom stereocenters. The molecule has 1 aromatic carbocycles. The number of H-pyrrole nitrogens is 1. The highest BCUT2D eigenvalue weighted by Gasteiger charge is 2.16. The predicted octanol–water partition coefficient (Wildman–Crippen LogP) is 3.21. The third kappa shape index (κ3) is 3.13. The van der Waals surface area contributed by atoms with Crippen molar-refractivity contribution in [3.05, 3.63) is 29.6 Å². The summed E-state index contributed by atoms with van der Waals surface area (Å²) >= 11 is 0. The smallest absolute Gasteiger partial charge is 0.251 e. The van der Waals surface area contributed by atoms with Crippen LogP contribution in [0.2, 0.25) is 0 Å². The maximum Gasteiger partial charge on any atom is 0.251 e. The Morgan fingerprint density at radius 3 is 2.58 bits per heavy atom. The first-order valence-electron chi connectivity index (χ1n) is 6.58. The molecule has 0 saturated heterocycles. The van der Waals surface area contributed by atoms with E-state index in [1.807, 2.05) is 39.0 Å². The van der Waals surface area contributed by atoms with Crippen molar-refractivity contribution in [2.75, 3.05) is 0 Å². The number of imidazole rings is 1. The van der Waals surface area contributed by atoms with Crippen LogP contribution in [0.25, 0.3) is 11.0 Å². The second kappa shape index (κ2) is 4.68. The standard InChI is InChI=1S/C15H21N3O/c1-9(2)13-16-11-7-6-10(8-12(11)17-13)14(19)18-15(3,4)5/h6-9H,1-5H3,(H,16,17)(H,18,19). The predicted molar refractivity (Wildman–Crippen MR) is 77.4 cm³/mol. The van der Waals surface area contributed by atoms with E-state index in [9.17, 15) is 4.79 Å². The van der Waals surface area contributed by atoms with E-state index in [1.54, 1.807) is 0 Å². The largest absolute Gasteiger partial charge is 0.347 e. The summed E-state index contributed by atoms with van der Waals surface area (Å²) in [6.45, 7) is 10.1. The molecule has 1 amide bonds. The Morgan fingerprint density at radius 1 is 1.32 bits per heavy atom. The number of fused-ring (bicyclic) bond motifs is 1. The number of rotatable bonds is 2. The summed E-state index contributed by atoms with van der Waals surface area (Å²) in [5.74, 6) is 1.23. The summed E-state index contributed by atoms with van der Waals surface area (Å²) < 4.78 is 0. The Balaban J connectivity index is 2.33. The van der Waals surface area contributed by atoms with Crippen LogP contribution in [0.3, 0.4) is 0 Å². The Bertz CT molecular complexity index is 605. The lowest BCUT2D eigenvalue weighted by molar-refractivity contribution is 0.0919. The van der Waals surface area contributed by atoms with Crippen LogP contribution in [0, 0.1) is 0 Å². The second-order valence-electron chi connectivity index (χ2n) is 6.21. The zero-order valence-electron chi connectivity index (χ0n) is 12.2. The Morgan fingerprint density at radius 2 is 2.00 bits per heavy atom. The van der Waals surface area contributed by atoms with Crippen LogP contribution >= 0.6 is 0 Å². The van der Waals surface area contributed by atoms with Crippen molar-refractivity contribution in [3.63, 3.8) is 0 Å². The molecular formula is C15H21N3O. The minimum atomic E-state index is -0.233. The molecule has 1 aromatic heterocycles. The van der Waals surface area contributed by atoms with E-state index in [0.717, 1.165) is 16.9 Å². The Kier molecular flexibility index (Phi) is 3.35. The second-order valence-corrected chi connectivity index (χ2v) is 6.21. The van der Waals surface area contributed by atoms with E-state index in [0.29, 0.717) is 11.5 Å². The van der Waals surface area contributed by atoms with Crippen LogP contribution in [-0.2, 0) is 0 Å². The first-order chi connectivity index (χ1) is 8.76. The average molecular weight is 259 g/mol. The van der Waals surface area contributed by atoms with Gasteiger partial charge in [-0.25, -0.2) is 4.98 Å². The Labute approximate surface area is 113 Å². The third-order valence-corrected chi connectivity index (χ3v) is 2.80. The zero-order valence-corrected chi connectivity index (χ0v) is 12.2. The van der Waals surface area contributed by atoms with E-state index in [1.165, 1.54) is 0 Å². The topological polar surface area (TPSA) is 57.8 Å². The molecule has 4 nitrogen and oxygen atoms in total. The van der Waals surface area contributed by atoms with Gasteiger partial charge in [0.05, 0.1) is 11.0 Å². The van der Waals surface area contributed by atoms with Crippen molar-refractivity contribution in [3.8, 4) is 0 Å². The molecule has 0 radical (unpaired) electrons. The highest BCUT2D eigenvalue weighted by atomic mass is 16.1. The average Bonchev–Trinajstić information content (AvgIpc) is 2.69. The van der Waals surface area contributed by atoms with Gasteiger partial charge in [0.15, 0.2) is 0 Å². The molecule has 0 bridgehead atoms.